The van der Waals surface area contributed by atoms with Crippen LogP contribution in [0.1, 0.15) is 12.0 Å². The Bertz CT molecular complexity index is 415. The molecule has 1 aromatic rings. The second-order valence-electron chi connectivity index (χ2n) is 2.71. The molecule has 6 heteroatoms. The topological polar surface area (TPSA) is 87.2 Å². The number of carbonyl (C=O) groups excluding carboxylic acids is 1. The number of nitrogens with zero attached hydrogens (tertiary/aromatic N) is 2. The van der Waals surface area contributed by atoms with Gasteiger partial charge in [0, 0.05) is 6.42 Å². The number of carbonyl (C=O) groups is 1. The number of aldehydes is 1. The van der Waals surface area contributed by atoms with E-state index in [1.54, 1.807) is 0 Å². The Morgan fingerprint density at radius 1 is 1.53 bits per heavy atom. The van der Waals surface area contributed by atoms with Crippen molar-refractivity contribution in [3.05, 3.63) is 45.4 Å². The quantitative estimate of drug-likeness (QED) is 0.241. The molecule has 0 aromatic carbocycles. The van der Waals surface area contributed by atoms with Gasteiger partial charge in [0.1, 0.15) is 11.8 Å². The van der Waals surface area contributed by atoms with Crippen molar-refractivity contribution in [1.82, 2.24) is 0 Å². The van der Waals surface area contributed by atoms with E-state index in [2.05, 4.69) is 0 Å². The highest BCUT2D eigenvalue weighted by molar-refractivity contribution is 5.62. The number of hydrogen-bond acceptors (Lipinski definition) is 4. The maximum absolute atomic E-state index is 10.9. The Balaban J connectivity index is 3.07. The van der Waals surface area contributed by atoms with E-state index in [1.807, 2.05) is 0 Å². The van der Waals surface area contributed by atoms with Gasteiger partial charge in [0.05, 0.1) is 11.0 Å². The van der Waals surface area contributed by atoms with Gasteiger partial charge in [-0.2, -0.15) is 4.73 Å². The second-order valence-corrected chi connectivity index (χ2v) is 2.71. The molecule has 0 fully saturated rings. The predicted molar refractivity (Wildman–Crippen MR) is 51.8 cm³/mol. The van der Waals surface area contributed by atoms with E-state index in [4.69, 9.17) is 0 Å². The number of rotatable bonds is 4. The van der Waals surface area contributed by atoms with E-state index >= 15 is 0 Å². The molecule has 0 atom stereocenters. The van der Waals surface area contributed by atoms with Crippen molar-refractivity contribution in [3.63, 3.8) is 0 Å². The highest BCUT2D eigenvalue weighted by atomic mass is 16.6. The Morgan fingerprint density at radius 2 is 2.27 bits per heavy atom. The molecular formula is C9H8N2O4. The summed E-state index contributed by atoms with van der Waals surface area (Å²) in [5.74, 6) is 0. The Hall–Kier alpha value is -2.24. The largest absolute Gasteiger partial charge is 0.619 e. The summed E-state index contributed by atoms with van der Waals surface area (Å²) >= 11 is 0. The lowest BCUT2D eigenvalue weighted by Gasteiger charge is -1.98. The second kappa shape index (κ2) is 4.85. The van der Waals surface area contributed by atoms with Crippen LogP contribution < -0.4 is 4.73 Å². The minimum absolute atomic E-state index is 0.158. The van der Waals surface area contributed by atoms with E-state index in [0.29, 0.717) is 11.0 Å². The van der Waals surface area contributed by atoms with E-state index in [1.165, 1.54) is 12.2 Å². The van der Waals surface area contributed by atoms with Crippen LogP contribution in [0.15, 0.2) is 24.5 Å². The molecule has 1 heterocycles. The lowest BCUT2D eigenvalue weighted by atomic mass is 10.2. The first kappa shape index (κ1) is 10.8. The molecule has 0 bridgehead atoms. The van der Waals surface area contributed by atoms with E-state index < -0.39 is 4.92 Å². The highest BCUT2D eigenvalue weighted by Gasteiger charge is 2.13. The highest BCUT2D eigenvalue weighted by Crippen LogP contribution is 2.16. The van der Waals surface area contributed by atoms with Crippen molar-refractivity contribution in [3.8, 4) is 0 Å². The van der Waals surface area contributed by atoms with Gasteiger partial charge in [0.2, 0.25) is 0 Å². The molecular weight excluding hydrogens is 200 g/mol. The number of pyridine rings is 1. The number of aromatic nitrogens is 1. The summed E-state index contributed by atoms with van der Waals surface area (Å²) < 4.78 is 0.466. The lowest BCUT2D eigenvalue weighted by Crippen LogP contribution is -2.24. The summed E-state index contributed by atoms with van der Waals surface area (Å²) in [6.45, 7) is 0. The van der Waals surface area contributed by atoms with E-state index in [0.717, 1.165) is 18.5 Å². The van der Waals surface area contributed by atoms with Crippen molar-refractivity contribution in [1.29, 1.82) is 0 Å². The van der Waals surface area contributed by atoms with Crippen molar-refractivity contribution >= 4 is 18.0 Å². The van der Waals surface area contributed by atoms with Crippen LogP contribution in [0.25, 0.3) is 6.08 Å². The van der Waals surface area contributed by atoms with Crippen LogP contribution in [-0.2, 0) is 4.79 Å². The average molecular weight is 208 g/mol. The molecule has 0 aliphatic rings. The zero-order chi connectivity index (χ0) is 11.3. The maximum Gasteiger partial charge on any atom is 0.288 e. The number of nitro groups is 1. The normalized spacial score (nSPS) is 10.4. The molecule has 15 heavy (non-hydrogen) atoms. The van der Waals surface area contributed by atoms with Crippen molar-refractivity contribution in [2.24, 2.45) is 0 Å². The third kappa shape index (κ3) is 2.87. The molecule has 1 rings (SSSR count). The average Bonchev–Trinajstić information content (AvgIpc) is 2.18. The van der Waals surface area contributed by atoms with Crippen LogP contribution in [0.4, 0.5) is 5.69 Å². The first-order valence-electron chi connectivity index (χ1n) is 4.12. The predicted octanol–water partition coefficient (Wildman–Crippen LogP) is 0.830. The molecule has 0 N–H and O–H groups in total. The summed E-state index contributed by atoms with van der Waals surface area (Å²) in [7, 11) is 0. The fourth-order valence-electron chi connectivity index (χ4n) is 1.03. The molecule has 78 valence electrons. The van der Waals surface area contributed by atoms with Crippen LogP contribution in [0.5, 0.6) is 0 Å². The van der Waals surface area contributed by atoms with Gasteiger partial charge in [-0.3, -0.25) is 10.1 Å². The molecule has 0 amide bonds. The lowest BCUT2D eigenvalue weighted by molar-refractivity contribution is -0.606. The van der Waals surface area contributed by atoms with Crippen LogP contribution in [0.3, 0.4) is 0 Å². The van der Waals surface area contributed by atoms with Crippen molar-refractivity contribution < 1.29 is 14.4 Å². The Morgan fingerprint density at radius 3 is 2.87 bits per heavy atom. The number of allylic oxidation sites excluding steroid dienone is 1. The molecule has 1 aromatic heterocycles. The van der Waals surface area contributed by atoms with Gasteiger partial charge >= 0.3 is 0 Å². The standard InChI is InChI=1S/C9H8N2O4/c12-6-2-1-3-8-7-10(13)5-4-9(8)11(14)15/h1,3-7H,2H2. The minimum atomic E-state index is -0.583. The molecule has 0 saturated carbocycles. The van der Waals surface area contributed by atoms with Crippen molar-refractivity contribution in [2.45, 2.75) is 6.42 Å². The van der Waals surface area contributed by atoms with Gasteiger partial charge in [-0.05, 0) is 6.08 Å². The summed E-state index contributed by atoms with van der Waals surface area (Å²) in [5.41, 5.74) is 0.0172. The number of hydrogen-bond donors (Lipinski definition) is 0. The maximum atomic E-state index is 10.9. The summed E-state index contributed by atoms with van der Waals surface area (Å²) in [4.78, 5) is 20.0. The molecule has 0 aliphatic heterocycles. The van der Waals surface area contributed by atoms with E-state index in [9.17, 15) is 20.1 Å². The smallest absolute Gasteiger partial charge is 0.288 e. The van der Waals surface area contributed by atoms with Gasteiger partial charge in [-0.15, -0.1) is 0 Å². The Labute approximate surface area is 85.2 Å². The molecule has 0 saturated heterocycles. The SMILES string of the molecule is O=CCC=Cc1c[n+]([O-])ccc1[N+](=O)[O-]. The minimum Gasteiger partial charge on any atom is -0.619 e. The molecule has 0 aliphatic carbocycles. The third-order valence-electron chi connectivity index (χ3n) is 1.67. The molecule has 0 spiro atoms. The van der Waals surface area contributed by atoms with Gasteiger partial charge < -0.3 is 10.0 Å². The van der Waals surface area contributed by atoms with Gasteiger partial charge in [0.25, 0.3) is 5.69 Å². The molecule has 0 unspecified atom stereocenters. The van der Waals surface area contributed by atoms with Crippen LogP contribution in [-0.4, -0.2) is 11.2 Å². The fourth-order valence-corrected chi connectivity index (χ4v) is 1.03. The zero-order valence-electron chi connectivity index (χ0n) is 7.70. The first-order valence-corrected chi connectivity index (χ1v) is 4.12. The first-order chi connectivity index (χ1) is 7.15. The Kier molecular flexibility index (Phi) is 3.50. The third-order valence-corrected chi connectivity index (χ3v) is 1.67. The van der Waals surface area contributed by atoms with Gasteiger partial charge in [0.15, 0.2) is 12.4 Å². The summed E-state index contributed by atoms with van der Waals surface area (Å²) in [6.07, 6.45) is 5.78. The van der Waals surface area contributed by atoms with Crippen LogP contribution in [0.2, 0.25) is 0 Å². The van der Waals surface area contributed by atoms with Crippen LogP contribution in [0, 0.1) is 15.3 Å². The monoisotopic (exact) mass is 208 g/mol. The van der Waals surface area contributed by atoms with Gasteiger partial charge in [-0.1, -0.05) is 6.08 Å². The zero-order valence-corrected chi connectivity index (χ0v) is 7.70. The summed E-state index contributed by atoms with van der Waals surface area (Å²) in [5, 5.41) is 21.4. The molecule has 0 radical (unpaired) electrons. The van der Waals surface area contributed by atoms with Crippen molar-refractivity contribution in [2.75, 3.05) is 0 Å². The van der Waals surface area contributed by atoms with Gasteiger partial charge in [-0.25, -0.2) is 0 Å². The molecule has 6 nitrogen and oxygen atoms in total. The fraction of sp³-hybridized carbons (Fsp3) is 0.111. The summed E-state index contributed by atoms with van der Waals surface area (Å²) in [6, 6.07) is 1.12. The van der Waals surface area contributed by atoms with E-state index in [-0.39, 0.29) is 17.7 Å². The van der Waals surface area contributed by atoms with Crippen LogP contribution >= 0.6 is 0 Å².